The molecule has 4 aliphatic carbocycles. The van der Waals surface area contributed by atoms with Crippen LogP contribution in [0.3, 0.4) is 0 Å². The fourth-order valence-corrected chi connectivity index (χ4v) is 8.73. The van der Waals surface area contributed by atoms with Gasteiger partial charge in [-0.3, -0.25) is 43.6 Å². The van der Waals surface area contributed by atoms with Crippen molar-refractivity contribution < 1.29 is 33.6 Å². The minimum absolute atomic E-state index is 0.435. The Morgan fingerprint density at radius 2 is 0.568 bits per heavy atom. The van der Waals surface area contributed by atoms with E-state index >= 15 is 0 Å². The van der Waals surface area contributed by atoms with E-state index in [-0.39, 0.29) is 0 Å². The third-order valence-corrected chi connectivity index (χ3v) is 11.1. The molecule has 0 spiro atoms. The van der Waals surface area contributed by atoms with Gasteiger partial charge >= 0.3 is 12.1 Å². The standard InChI is InChI=1S/C33H46N4O7/c38-27(25-28(39)34(21-13-5-1-6-14-21)32(43)35(29(25)40)22-15-7-2-8-16-22)26-30(41)36(23-17-9-3-10-18-23)33(44)37(31(26)42)24-19-11-4-12-20-24/h21-26H,1-20H2. The number of barbiturate groups is 2. The van der Waals surface area contributed by atoms with E-state index in [9.17, 15) is 33.6 Å². The third-order valence-electron chi connectivity index (χ3n) is 11.1. The fraction of sp³-hybridized carbons (Fsp3) is 0.788. The van der Waals surface area contributed by atoms with Crippen LogP contribution in [0.15, 0.2) is 0 Å². The predicted octanol–water partition coefficient (Wildman–Crippen LogP) is 4.70. The molecule has 0 radical (unpaired) electrons. The number of urea groups is 2. The van der Waals surface area contributed by atoms with Crippen LogP contribution in [0.5, 0.6) is 0 Å². The molecule has 6 fully saturated rings. The molecule has 2 heterocycles. The molecule has 0 aromatic rings. The number of carbonyl (C=O) groups excluding carboxylic acids is 7. The van der Waals surface area contributed by atoms with Gasteiger partial charge in [-0.1, -0.05) is 77.0 Å². The van der Waals surface area contributed by atoms with Crippen LogP contribution in [0.2, 0.25) is 0 Å². The van der Waals surface area contributed by atoms with Crippen molar-refractivity contribution >= 4 is 41.5 Å². The molecule has 44 heavy (non-hydrogen) atoms. The third kappa shape index (κ3) is 5.49. The van der Waals surface area contributed by atoms with Crippen LogP contribution in [0, 0.1) is 11.8 Å². The summed E-state index contributed by atoms with van der Waals surface area (Å²) in [6.07, 6.45) is 15.2. The molecule has 11 nitrogen and oxygen atoms in total. The maximum absolute atomic E-state index is 14.5. The largest absolute Gasteiger partial charge is 0.333 e. The zero-order valence-corrected chi connectivity index (χ0v) is 25.8. The summed E-state index contributed by atoms with van der Waals surface area (Å²) in [5.41, 5.74) is 0. The summed E-state index contributed by atoms with van der Waals surface area (Å²) < 4.78 is 0. The van der Waals surface area contributed by atoms with E-state index in [4.69, 9.17) is 0 Å². The van der Waals surface area contributed by atoms with Gasteiger partial charge in [-0.15, -0.1) is 0 Å². The first-order valence-corrected chi connectivity index (χ1v) is 17.2. The number of amides is 8. The molecule has 0 atom stereocenters. The lowest BCUT2D eigenvalue weighted by Crippen LogP contribution is -2.70. The molecule has 4 saturated carbocycles. The Morgan fingerprint density at radius 3 is 0.773 bits per heavy atom. The summed E-state index contributed by atoms with van der Waals surface area (Å²) in [6, 6.07) is -3.09. The maximum Gasteiger partial charge on any atom is 0.333 e. The highest BCUT2D eigenvalue weighted by molar-refractivity contribution is 6.35. The maximum atomic E-state index is 14.5. The summed E-state index contributed by atoms with van der Waals surface area (Å²) >= 11 is 0. The number of nitrogens with zero attached hydrogens (tertiary/aromatic N) is 4. The van der Waals surface area contributed by atoms with Crippen LogP contribution in [-0.2, 0) is 24.0 Å². The molecule has 0 bridgehead atoms. The lowest BCUT2D eigenvalue weighted by Gasteiger charge is -2.47. The second-order valence-electron chi connectivity index (χ2n) is 13.8. The zero-order chi connectivity index (χ0) is 31.0. The molecule has 6 aliphatic rings. The van der Waals surface area contributed by atoms with Crippen LogP contribution in [-0.4, -0.2) is 85.2 Å². The first kappa shape index (κ1) is 30.9. The van der Waals surface area contributed by atoms with Gasteiger partial charge in [0.2, 0.25) is 0 Å². The molecule has 6 rings (SSSR count). The van der Waals surface area contributed by atoms with E-state index in [1.165, 1.54) is 0 Å². The first-order valence-electron chi connectivity index (χ1n) is 17.2. The zero-order valence-electron chi connectivity index (χ0n) is 25.8. The number of Topliss-reactive ketones (excluding diaryl/α,β-unsaturated/α-hetero) is 1. The smallest absolute Gasteiger partial charge is 0.297 e. The lowest BCUT2D eigenvalue weighted by atomic mass is 9.82. The molecular weight excluding hydrogens is 564 g/mol. The number of carbonyl (C=O) groups is 7. The number of ketones is 1. The molecule has 2 saturated heterocycles. The monoisotopic (exact) mass is 610 g/mol. The van der Waals surface area contributed by atoms with Crippen molar-refractivity contribution in [1.29, 1.82) is 0 Å². The van der Waals surface area contributed by atoms with Crippen molar-refractivity contribution in [3.8, 4) is 0 Å². The van der Waals surface area contributed by atoms with Crippen LogP contribution >= 0.6 is 0 Å². The van der Waals surface area contributed by atoms with Crippen LogP contribution < -0.4 is 0 Å². The summed E-state index contributed by atoms with van der Waals surface area (Å²) in [5.74, 6) is -8.68. The molecule has 240 valence electrons. The number of hydrogen-bond donors (Lipinski definition) is 0. The SMILES string of the molecule is O=C(C1C(=O)N(C2CCCCC2)C(=O)N(C2CCCCC2)C1=O)C1C(=O)N(C2CCCCC2)C(=O)N(C2CCCCC2)C1=O. The molecule has 8 amide bonds. The fourth-order valence-electron chi connectivity index (χ4n) is 8.73. The topological polar surface area (TPSA) is 132 Å². The van der Waals surface area contributed by atoms with Gasteiger partial charge < -0.3 is 0 Å². The van der Waals surface area contributed by atoms with E-state index in [0.29, 0.717) is 51.4 Å². The highest BCUT2D eigenvalue weighted by atomic mass is 16.2. The summed E-state index contributed by atoms with van der Waals surface area (Å²) in [4.78, 5) is 103. The van der Waals surface area contributed by atoms with Gasteiger partial charge in [-0.25, -0.2) is 9.59 Å². The molecule has 0 N–H and O–H groups in total. The molecule has 0 unspecified atom stereocenters. The van der Waals surface area contributed by atoms with E-state index in [1.807, 2.05) is 0 Å². The van der Waals surface area contributed by atoms with Gasteiger partial charge in [0.05, 0.1) is 0 Å². The number of hydrogen-bond acceptors (Lipinski definition) is 7. The highest BCUT2D eigenvalue weighted by Crippen LogP contribution is 2.37. The molecule has 11 heteroatoms. The van der Waals surface area contributed by atoms with Gasteiger partial charge in [0.1, 0.15) is 0 Å². The number of imide groups is 4. The van der Waals surface area contributed by atoms with Crippen molar-refractivity contribution in [2.24, 2.45) is 11.8 Å². The number of rotatable bonds is 6. The second-order valence-corrected chi connectivity index (χ2v) is 13.8. The minimum Gasteiger partial charge on any atom is -0.297 e. The van der Waals surface area contributed by atoms with Gasteiger partial charge in [0.25, 0.3) is 23.6 Å². The van der Waals surface area contributed by atoms with Gasteiger partial charge in [0.15, 0.2) is 17.6 Å². The van der Waals surface area contributed by atoms with E-state index in [1.54, 1.807) is 0 Å². The molecule has 0 aromatic heterocycles. The quantitative estimate of drug-likeness (QED) is 0.398. The van der Waals surface area contributed by atoms with Crippen LogP contribution in [0.4, 0.5) is 9.59 Å². The average molecular weight is 611 g/mol. The minimum atomic E-state index is -1.95. The van der Waals surface area contributed by atoms with Crippen molar-refractivity contribution in [2.45, 2.75) is 153 Å². The van der Waals surface area contributed by atoms with Crippen molar-refractivity contribution in [1.82, 2.24) is 19.6 Å². The van der Waals surface area contributed by atoms with E-state index in [0.717, 1.165) is 96.6 Å². The van der Waals surface area contributed by atoms with Crippen LogP contribution in [0.1, 0.15) is 128 Å². The van der Waals surface area contributed by atoms with Crippen molar-refractivity contribution in [3.63, 3.8) is 0 Å². The summed E-state index contributed by atoms with van der Waals surface area (Å²) in [7, 11) is 0. The second kappa shape index (κ2) is 13.1. The molecule has 0 aromatic carbocycles. The predicted molar refractivity (Wildman–Crippen MR) is 158 cm³/mol. The lowest BCUT2D eigenvalue weighted by molar-refractivity contribution is -0.162. The van der Waals surface area contributed by atoms with Gasteiger partial charge in [0, 0.05) is 24.2 Å². The Balaban J connectivity index is 1.37. The Morgan fingerprint density at radius 1 is 0.364 bits per heavy atom. The Labute approximate surface area is 259 Å². The average Bonchev–Trinajstić information content (AvgIpc) is 3.03. The molecule has 2 aliphatic heterocycles. The van der Waals surface area contributed by atoms with E-state index in [2.05, 4.69) is 0 Å². The van der Waals surface area contributed by atoms with Crippen LogP contribution in [0.25, 0.3) is 0 Å². The Hall–Kier alpha value is -3.11. The Bertz CT molecular complexity index is 1020. The Kier molecular flexibility index (Phi) is 9.19. The first-order chi connectivity index (χ1) is 21.3. The summed E-state index contributed by atoms with van der Waals surface area (Å²) in [5, 5.41) is 0. The highest BCUT2D eigenvalue weighted by Gasteiger charge is 2.60. The van der Waals surface area contributed by atoms with Crippen molar-refractivity contribution in [3.05, 3.63) is 0 Å². The van der Waals surface area contributed by atoms with Gasteiger partial charge in [-0.05, 0) is 51.4 Å². The summed E-state index contributed by atoms with van der Waals surface area (Å²) in [6.45, 7) is 0. The van der Waals surface area contributed by atoms with Crippen molar-refractivity contribution in [2.75, 3.05) is 0 Å². The molecular formula is C33H46N4O7. The van der Waals surface area contributed by atoms with Gasteiger partial charge in [-0.2, -0.15) is 0 Å². The van der Waals surface area contributed by atoms with E-state index < -0.39 is 77.5 Å². The normalized spacial score (nSPS) is 27.2.